The summed E-state index contributed by atoms with van der Waals surface area (Å²) in [6.07, 6.45) is 0. The number of para-hydroxylation sites is 2. The Labute approximate surface area is 131 Å². The molecular weight excluding hydrogens is 276 g/mol. The second kappa shape index (κ2) is 6.13. The molecular formula is C17H22N4O. The average molecular weight is 298 g/mol. The van der Waals surface area contributed by atoms with Gasteiger partial charge < -0.3 is 20.3 Å². The number of hydrogen-bond donors (Lipinski definition) is 1. The van der Waals surface area contributed by atoms with Crippen molar-refractivity contribution in [3.8, 4) is 5.75 Å². The number of methoxy groups -OCH3 is 1. The average Bonchev–Trinajstić information content (AvgIpc) is 2.57. The highest BCUT2D eigenvalue weighted by Crippen LogP contribution is 2.29. The molecule has 3 rings (SSSR count). The number of rotatable bonds is 3. The molecule has 2 N–H and O–H groups in total. The summed E-state index contributed by atoms with van der Waals surface area (Å²) in [5.41, 5.74) is 8.64. The van der Waals surface area contributed by atoms with E-state index in [1.165, 1.54) is 0 Å². The van der Waals surface area contributed by atoms with Crippen molar-refractivity contribution < 1.29 is 4.74 Å². The van der Waals surface area contributed by atoms with Crippen LogP contribution in [-0.4, -0.2) is 38.3 Å². The molecule has 1 aliphatic rings. The molecule has 1 aliphatic heterocycles. The number of hydrogen-bond acceptors (Lipinski definition) is 5. The van der Waals surface area contributed by atoms with E-state index in [1.807, 2.05) is 31.2 Å². The lowest BCUT2D eigenvalue weighted by Crippen LogP contribution is -2.47. The minimum Gasteiger partial charge on any atom is -0.495 e. The van der Waals surface area contributed by atoms with E-state index in [4.69, 9.17) is 10.5 Å². The molecule has 0 bridgehead atoms. The molecule has 5 nitrogen and oxygen atoms in total. The third-order valence-electron chi connectivity index (χ3n) is 4.14. The van der Waals surface area contributed by atoms with Crippen LogP contribution >= 0.6 is 0 Å². The molecule has 0 radical (unpaired) electrons. The molecule has 2 aromatic rings. The number of piperazine rings is 1. The first kappa shape index (κ1) is 14.5. The highest BCUT2D eigenvalue weighted by atomic mass is 16.5. The van der Waals surface area contributed by atoms with Gasteiger partial charge in [0.25, 0.3) is 0 Å². The molecule has 1 aromatic heterocycles. The van der Waals surface area contributed by atoms with E-state index in [2.05, 4.69) is 26.9 Å². The lowest BCUT2D eigenvalue weighted by atomic mass is 10.2. The van der Waals surface area contributed by atoms with E-state index in [-0.39, 0.29) is 0 Å². The lowest BCUT2D eigenvalue weighted by molar-refractivity contribution is 0.413. The van der Waals surface area contributed by atoms with Crippen LogP contribution in [0.1, 0.15) is 5.69 Å². The molecule has 0 atom stereocenters. The van der Waals surface area contributed by atoms with Gasteiger partial charge in [-0.2, -0.15) is 0 Å². The van der Waals surface area contributed by atoms with Crippen molar-refractivity contribution >= 4 is 17.2 Å². The van der Waals surface area contributed by atoms with Gasteiger partial charge in [0.15, 0.2) is 0 Å². The van der Waals surface area contributed by atoms with E-state index in [0.29, 0.717) is 0 Å². The fourth-order valence-corrected chi connectivity index (χ4v) is 2.80. The van der Waals surface area contributed by atoms with Gasteiger partial charge in [-0.3, -0.25) is 0 Å². The van der Waals surface area contributed by atoms with Crippen molar-refractivity contribution in [1.29, 1.82) is 0 Å². The second-order valence-electron chi connectivity index (χ2n) is 5.49. The van der Waals surface area contributed by atoms with Gasteiger partial charge in [-0.15, -0.1) is 0 Å². The molecule has 116 valence electrons. The van der Waals surface area contributed by atoms with Gasteiger partial charge in [-0.25, -0.2) is 4.98 Å². The first-order chi connectivity index (χ1) is 10.7. The molecule has 1 saturated heterocycles. The van der Waals surface area contributed by atoms with Gasteiger partial charge in [0.05, 0.1) is 24.2 Å². The third-order valence-corrected chi connectivity index (χ3v) is 4.14. The van der Waals surface area contributed by atoms with Crippen LogP contribution in [0.4, 0.5) is 17.2 Å². The van der Waals surface area contributed by atoms with Crippen LogP contribution in [-0.2, 0) is 0 Å². The summed E-state index contributed by atoms with van der Waals surface area (Å²) < 4.78 is 5.46. The fourth-order valence-electron chi connectivity index (χ4n) is 2.80. The number of nitrogens with two attached hydrogens (primary N) is 1. The smallest absolute Gasteiger partial charge is 0.142 e. The van der Waals surface area contributed by atoms with E-state index in [0.717, 1.165) is 54.8 Å². The number of benzene rings is 1. The monoisotopic (exact) mass is 298 g/mol. The SMILES string of the molecule is COc1ccccc1N1CCN(c2ccc(N)c(C)n2)CC1. The second-order valence-corrected chi connectivity index (χ2v) is 5.49. The van der Waals surface area contributed by atoms with Gasteiger partial charge in [-0.1, -0.05) is 12.1 Å². The maximum absolute atomic E-state index is 5.85. The molecule has 0 amide bonds. The topological polar surface area (TPSA) is 54.6 Å². The Morgan fingerprint density at radius 3 is 2.36 bits per heavy atom. The Morgan fingerprint density at radius 2 is 1.68 bits per heavy atom. The number of anilines is 3. The molecule has 0 saturated carbocycles. The lowest BCUT2D eigenvalue weighted by Gasteiger charge is -2.37. The maximum atomic E-state index is 5.85. The minimum absolute atomic E-state index is 0.747. The summed E-state index contributed by atoms with van der Waals surface area (Å²) in [6.45, 7) is 5.73. The molecule has 2 heterocycles. The van der Waals surface area contributed by atoms with E-state index >= 15 is 0 Å². The first-order valence-electron chi connectivity index (χ1n) is 7.55. The number of nitrogens with zero attached hydrogens (tertiary/aromatic N) is 3. The predicted octanol–water partition coefficient (Wildman–Crippen LogP) is 2.31. The van der Waals surface area contributed by atoms with Crippen molar-refractivity contribution in [2.75, 3.05) is 48.8 Å². The van der Waals surface area contributed by atoms with Crippen LogP contribution in [0.3, 0.4) is 0 Å². The molecule has 1 aromatic carbocycles. The Kier molecular flexibility index (Phi) is 4.04. The van der Waals surface area contributed by atoms with Crippen LogP contribution in [0, 0.1) is 6.92 Å². The molecule has 0 unspecified atom stereocenters. The zero-order chi connectivity index (χ0) is 15.5. The van der Waals surface area contributed by atoms with Gasteiger partial charge in [0.1, 0.15) is 11.6 Å². The zero-order valence-electron chi connectivity index (χ0n) is 13.1. The van der Waals surface area contributed by atoms with Crippen LogP contribution in [0.5, 0.6) is 5.75 Å². The number of aryl methyl sites for hydroxylation is 1. The Hall–Kier alpha value is -2.43. The number of aromatic nitrogens is 1. The highest BCUT2D eigenvalue weighted by Gasteiger charge is 2.20. The van der Waals surface area contributed by atoms with Gasteiger partial charge in [0.2, 0.25) is 0 Å². The molecule has 0 aliphatic carbocycles. The first-order valence-corrected chi connectivity index (χ1v) is 7.55. The van der Waals surface area contributed by atoms with Gasteiger partial charge in [-0.05, 0) is 31.2 Å². The summed E-state index contributed by atoms with van der Waals surface area (Å²) in [6, 6.07) is 12.1. The van der Waals surface area contributed by atoms with Crippen molar-refractivity contribution in [1.82, 2.24) is 4.98 Å². The Bertz CT molecular complexity index is 651. The number of ether oxygens (including phenoxy) is 1. The number of pyridine rings is 1. The summed E-state index contributed by atoms with van der Waals surface area (Å²) in [5.74, 6) is 1.93. The van der Waals surface area contributed by atoms with E-state index < -0.39 is 0 Å². The van der Waals surface area contributed by atoms with Gasteiger partial charge in [0, 0.05) is 26.2 Å². The van der Waals surface area contributed by atoms with Crippen LogP contribution in [0.25, 0.3) is 0 Å². The van der Waals surface area contributed by atoms with E-state index in [1.54, 1.807) is 7.11 Å². The summed E-state index contributed by atoms with van der Waals surface area (Å²) in [7, 11) is 1.72. The Morgan fingerprint density at radius 1 is 1.00 bits per heavy atom. The standard InChI is InChI=1S/C17H22N4O/c1-13-14(18)7-8-17(19-13)21-11-9-20(10-12-21)15-5-3-4-6-16(15)22-2/h3-8H,9-12,18H2,1-2H3. The molecule has 0 spiro atoms. The highest BCUT2D eigenvalue weighted by molar-refractivity contribution is 5.60. The minimum atomic E-state index is 0.747. The van der Waals surface area contributed by atoms with Crippen LogP contribution in [0.15, 0.2) is 36.4 Å². The molecule has 5 heteroatoms. The van der Waals surface area contributed by atoms with Crippen LogP contribution in [0.2, 0.25) is 0 Å². The predicted molar refractivity (Wildman–Crippen MR) is 90.8 cm³/mol. The fraction of sp³-hybridized carbons (Fsp3) is 0.353. The van der Waals surface area contributed by atoms with Crippen molar-refractivity contribution in [2.45, 2.75) is 6.92 Å². The summed E-state index contributed by atoms with van der Waals surface area (Å²) >= 11 is 0. The van der Waals surface area contributed by atoms with Crippen LogP contribution < -0.4 is 20.3 Å². The maximum Gasteiger partial charge on any atom is 0.142 e. The molecule has 1 fully saturated rings. The van der Waals surface area contributed by atoms with Gasteiger partial charge >= 0.3 is 0 Å². The number of nitrogen functional groups attached to an aromatic ring is 1. The van der Waals surface area contributed by atoms with Crippen molar-refractivity contribution in [3.05, 3.63) is 42.1 Å². The largest absolute Gasteiger partial charge is 0.495 e. The summed E-state index contributed by atoms with van der Waals surface area (Å²) in [4.78, 5) is 9.25. The zero-order valence-corrected chi connectivity index (χ0v) is 13.1. The third kappa shape index (κ3) is 2.79. The van der Waals surface area contributed by atoms with Crippen molar-refractivity contribution in [2.24, 2.45) is 0 Å². The molecule has 22 heavy (non-hydrogen) atoms. The quantitative estimate of drug-likeness (QED) is 0.942. The Balaban J connectivity index is 1.71. The van der Waals surface area contributed by atoms with Crippen molar-refractivity contribution in [3.63, 3.8) is 0 Å². The normalized spacial score (nSPS) is 15.0. The van der Waals surface area contributed by atoms with E-state index in [9.17, 15) is 0 Å². The summed E-state index contributed by atoms with van der Waals surface area (Å²) in [5, 5.41) is 0.